The molecule has 1 unspecified atom stereocenters. The average Bonchev–Trinajstić information content (AvgIpc) is 2.79. The van der Waals surface area contributed by atoms with Gasteiger partial charge in [0.25, 0.3) is 0 Å². The second-order valence-electron chi connectivity index (χ2n) is 4.16. The predicted octanol–water partition coefficient (Wildman–Crippen LogP) is 3.91. The number of rotatable bonds is 4. The third-order valence-corrected chi connectivity index (χ3v) is 2.73. The second kappa shape index (κ2) is 5.12. The van der Waals surface area contributed by atoms with E-state index in [1.54, 1.807) is 19.2 Å². The molecule has 1 aromatic heterocycles. The van der Waals surface area contributed by atoms with Crippen molar-refractivity contribution in [3.05, 3.63) is 47.7 Å². The van der Waals surface area contributed by atoms with Crippen LogP contribution in [0.4, 0.5) is 10.1 Å². The zero-order valence-electron chi connectivity index (χ0n) is 10.7. The van der Waals surface area contributed by atoms with Crippen LogP contribution in [0.1, 0.15) is 24.5 Å². The molecule has 1 atom stereocenters. The molecule has 2 aromatic rings. The normalized spacial score (nSPS) is 12.2. The first-order valence-corrected chi connectivity index (χ1v) is 5.76. The van der Waals surface area contributed by atoms with E-state index < -0.39 is 0 Å². The number of nitrogens with one attached hydrogen (secondary N) is 1. The number of halogens is 1. The Kier molecular flexibility index (Phi) is 3.55. The lowest BCUT2D eigenvalue weighted by molar-refractivity contribution is 0.413. The minimum Gasteiger partial charge on any atom is -0.497 e. The van der Waals surface area contributed by atoms with Crippen molar-refractivity contribution in [2.45, 2.75) is 19.9 Å². The van der Waals surface area contributed by atoms with Crippen LogP contribution in [0.5, 0.6) is 5.75 Å². The zero-order chi connectivity index (χ0) is 13.1. The van der Waals surface area contributed by atoms with Gasteiger partial charge in [-0.25, -0.2) is 4.39 Å². The molecule has 4 heteroatoms. The van der Waals surface area contributed by atoms with Crippen LogP contribution < -0.4 is 10.1 Å². The summed E-state index contributed by atoms with van der Waals surface area (Å²) in [5, 5.41) is 3.07. The Hall–Kier alpha value is -1.97. The van der Waals surface area contributed by atoms with Gasteiger partial charge in [-0.1, -0.05) is 0 Å². The van der Waals surface area contributed by atoms with Crippen molar-refractivity contribution in [3.8, 4) is 5.75 Å². The van der Waals surface area contributed by atoms with Crippen LogP contribution in [0.2, 0.25) is 0 Å². The van der Waals surface area contributed by atoms with Gasteiger partial charge < -0.3 is 14.5 Å². The zero-order valence-corrected chi connectivity index (χ0v) is 10.7. The van der Waals surface area contributed by atoms with Crippen molar-refractivity contribution >= 4 is 5.69 Å². The smallest absolute Gasteiger partial charge is 0.146 e. The molecule has 2 rings (SSSR count). The predicted molar refractivity (Wildman–Crippen MR) is 68.4 cm³/mol. The summed E-state index contributed by atoms with van der Waals surface area (Å²) in [5.41, 5.74) is 0.399. The van der Waals surface area contributed by atoms with Crippen LogP contribution in [0, 0.1) is 12.7 Å². The third-order valence-electron chi connectivity index (χ3n) is 2.73. The van der Waals surface area contributed by atoms with Crippen molar-refractivity contribution in [2.24, 2.45) is 0 Å². The summed E-state index contributed by atoms with van der Waals surface area (Å²) in [6.45, 7) is 3.79. The number of hydrogen-bond acceptors (Lipinski definition) is 3. The van der Waals surface area contributed by atoms with Gasteiger partial charge in [0.15, 0.2) is 0 Å². The molecule has 0 aliphatic heterocycles. The first-order chi connectivity index (χ1) is 8.60. The SMILES string of the molecule is COc1ccc(F)c(NC(C)c2ccc(C)o2)c1. The number of hydrogen-bond donors (Lipinski definition) is 1. The molecule has 1 heterocycles. The van der Waals surface area contributed by atoms with Crippen molar-refractivity contribution in [1.82, 2.24) is 0 Å². The van der Waals surface area contributed by atoms with E-state index in [4.69, 9.17) is 9.15 Å². The molecule has 0 saturated heterocycles. The van der Waals surface area contributed by atoms with Crippen molar-refractivity contribution in [3.63, 3.8) is 0 Å². The largest absolute Gasteiger partial charge is 0.497 e. The monoisotopic (exact) mass is 249 g/mol. The summed E-state index contributed by atoms with van der Waals surface area (Å²) in [6, 6.07) is 8.24. The molecular formula is C14H16FNO2. The Morgan fingerprint density at radius 1 is 1.28 bits per heavy atom. The lowest BCUT2D eigenvalue weighted by Gasteiger charge is -2.14. The topological polar surface area (TPSA) is 34.4 Å². The summed E-state index contributed by atoms with van der Waals surface area (Å²) in [6.07, 6.45) is 0. The van der Waals surface area contributed by atoms with Crippen LogP contribution in [0.3, 0.4) is 0 Å². The van der Waals surface area contributed by atoms with E-state index in [-0.39, 0.29) is 11.9 Å². The van der Waals surface area contributed by atoms with Crippen molar-refractivity contribution < 1.29 is 13.5 Å². The molecule has 18 heavy (non-hydrogen) atoms. The van der Waals surface area contributed by atoms with E-state index in [0.29, 0.717) is 11.4 Å². The highest BCUT2D eigenvalue weighted by Crippen LogP contribution is 2.26. The molecule has 0 saturated carbocycles. The molecule has 96 valence electrons. The van der Waals surface area contributed by atoms with Crippen LogP contribution in [-0.4, -0.2) is 7.11 Å². The van der Waals surface area contributed by atoms with Gasteiger partial charge in [0.1, 0.15) is 23.1 Å². The molecule has 1 N–H and O–H groups in total. The highest BCUT2D eigenvalue weighted by Gasteiger charge is 2.12. The fraction of sp³-hybridized carbons (Fsp3) is 0.286. The molecule has 1 aromatic carbocycles. The third kappa shape index (κ3) is 2.64. The number of aryl methyl sites for hydroxylation is 1. The van der Waals surface area contributed by atoms with Gasteiger partial charge in [0.2, 0.25) is 0 Å². The highest BCUT2D eigenvalue weighted by atomic mass is 19.1. The fourth-order valence-corrected chi connectivity index (χ4v) is 1.73. The van der Waals surface area contributed by atoms with E-state index in [1.807, 2.05) is 26.0 Å². The number of benzene rings is 1. The Labute approximate surface area is 106 Å². The maximum absolute atomic E-state index is 13.6. The van der Waals surface area contributed by atoms with E-state index in [0.717, 1.165) is 11.5 Å². The molecule has 3 nitrogen and oxygen atoms in total. The maximum atomic E-state index is 13.6. The van der Waals surface area contributed by atoms with E-state index in [2.05, 4.69) is 5.32 Å². The van der Waals surface area contributed by atoms with Crippen LogP contribution in [-0.2, 0) is 0 Å². The standard InChI is InChI=1S/C14H16FNO2/c1-9-4-7-14(18-9)10(2)16-13-8-11(17-3)5-6-12(13)15/h4-8,10,16H,1-3H3. The molecule has 0 radical (unpaired) electrons. The summed E-state index contributed by atoms with van der Waals surface area (Å²) < 4.78 is 24.2. The van der Waals surface area contributed by atoms with Crippen molar-refractivity contribution in [1.29, 1.82) is 0 Å². The van der Waals surface area contributed by atoms with Crippen LogP contribution in [0.25, 0.3) is 0 Å². The van der Waals surface area contributed by atoms with Crippen LogP contribution >= 0.6 is 0 Å². The number of furan rings is 1. The number of methoxy groups -OCH3 is 1. The molecule has 0 spiro atoms. The van der Waals surface area contributed by atoms with Gasteiger partial charge in [0.05, 0.1) is 18.8 Å². The summed E-state index contributed by atoms with van der Waals surface area (Å²) >= 11 is 0. The highest BCUT2D eigenvalue weighted by molar-refractivity contribution is 5.50. The molecule has 0 fully saturated rings. The van der Waals surface area contributed by atoms with Gasteiger partial charge >= 0.3 is 0 Å². The molecule has 0 aliphatic rings. The molecule has 0 bridgehead atoms. The first-order valence-electron chi connectivity index (χ1n) is 5.76. The second-order valence-corrected chi connectivity index (χ2v) is 4.16. The lowest BCUT2D eigenvalue weighted by atomic mass is 10.2. The first kappa shape index (κ1) is 12.5. The Bertz CT molecular complexity index is 536. The minimum atomic E-state index is -0.314. The number of ether oxygens (including phenoxy) is 1. The Morgan fingerprint density at radius 3 is 2.67 bits per heavy atom. The average molecular weight is 249 g/mol. The molecular weight excluding hydrogens is 233 g/mol. The van der Waals surface area contributed by atoms with Gasteiger partial charge in [-0.15, -0.1) is 0 Å². The summed E-state index contributed by atoms with van der Waals surface area (Å²) in [7, 11) is 1.55. The molecule has 0 aliphatic carbocycles. The minimum absolute atomic E-state index is 0.111. The summed E-state index contributed by atoms with van der Waals surface area (Å²) in [5.74, 6) is 1.91. The van der Waals surface area contributed by atoms with E-state index in [9.17, 15) is 4.39 Å². The lowest BCUT2D eigenvalue weighted by Crippen LogP contribution is -2.07. The fourth-order valence-electron chi connectivity index (χ4n) is 1.73. The van der Waals surface area contributed by atoms with Crippen molar-refractivity contribution in [2.75, 3.05) is 12.4 Å². The molecule has 0 amide bonds. The van der Waals surface area contributed by atoms with E-state index >= 15 is 0 Å². The quantitative estimate of drug-likeness (QED) is 0.892. The van der Waals surface area contributed by atoms with Gasteiger partial charge in [-0.2, -0.15) is 0 Å². The van der Waals surface area contributed by atoms with Gasteiger partial charge in [-0.3, -0.25) is 0 Å². The van der Waals surface area contributed by atoms with Gasteiger partial charge in [-0.05, 0) is 38.1 Å². The van der Waals surface area contributed by atoms with Crippen LogP contribution in [0.15, 0.2) is 34.7 Å². The summed E-state index contributed by atoms with van der Waals surface area (Å²) in [4.78, 5) is 0. The van der Waals surface area contributed by atoms with E-state index in [1.165, 1.54) is 6.07 Å². The maximum Gasteiger partial charge on any atom is 0.146 e. The Balaban J connectivity index is 2.18. The Morgan fingerprint density at radius 2 is 2.06 bits per heavy atom. The number of anilines is 1. The van der Waals surface area contributed by atoms with Gasteiger partial charge in [0, 0.05) is 6.07 Å².